The monoisotopic (exact) mass is 282 g/mol. The molecule has 1 atom stereocenters. The summed E-state index contributed by atoms with van der Waals surface area (Å²) in [6.45, 7) is 0.471. The van der Waals surface area contributed by atoms with Gasteiger partial charge in [-0.2, -0.15) is 0 Å². The molecule has 0 radical (unpaired) electrons. The quantitative estimate of drug-likeness (QED) is 0.795. The molecule has 1 aromatic rings. The first-order chi connectivity index (χ1) is 9.46. The number of carbonyl (C=O) groups is 2. The summed E-state index contributed by atoms with van der Waals surface area (Å²) in [4.78, 5) is 23.7. The standard InChI is InChI=1S/C13H15FN2O4/c1-19-11(17)9-3-2-8(14)6-10(9)16-12(18)13(15)4-5-20-7-13/h2-3,6H,4-5,7,15H2,1H3,(H,16,18). The van der Waals surface area contributed by atoms with Gasteiger partial charge in [0.25, 0.3) is 0 Å². The van der Waals surface area contributed by atoms with E-state index in [-0.39, 0.29) is 17.9 Å². The van der Waals surface area contributed by atoms with Crippen LogP contribution in [-0.2, 0) is 14.3 Å². The van der Waals surface area contributed by atoms with Crippen molar-refractivity contribution in [3.05, 3.63) is 29.6 Å². The van der Waals surface area contributed by atoms with E-state index in [1.54, 1.807) is 0 Å². The van der Waals surface area contributed by atoms with Crippen LogP contribution in [-0.4, -0.2) is 37.7 Å². The first-order valence-electron chi connectivity index (χ1n) is 6.02. The molecule has 1 heterocycles. The Labute approximate surface area is 115 Å². The summed E-state index contributed by atoms with van der Waals surface area (Å²) in [5.74, 6) is -1.78. The van der Waals surface area contributed by atoms with Gasteiger partial charge in [-0.15, -0.1) is 0 Å². The molecular formula is C13H15FN2O4. The molecule has 0 spiro atoms. The third-order valence-electron chi connectivity index (χ3n) is 3.14. The van der Waals surface area contributed by atoms with Gasteiger partial charge in [0.15, 0.2) is 0 Å². The van der Waals surface area contributed by atoms with Crippen LogP contribution in [0.15, 0.2) is 18.2 Å². The number of hydrogen-bond acceptors (Lipinski definition) is 5. The Hall–Kier alpha value is -1.99. The average molecular weight is 282 g/mol. The Kier molecular flexibility index (Phi) is 4.01. The molecule has 1 amide bonds. The van der Waals surface area contributed by atoms with Crippen molar-refractivity contribution in [3.63, 3.8) is 0 Å². The van der Waals surface area contributed by atoms with Crippen LogP contribution in [0.1, 0.15) is 16.8 Å². The van der Waals surface area contributed by atoms with E-state index in [1.807, 2.05) is 0 Å². The van der Waals surface area contributed by atoms with Crippen molar-refractivity contribution >= 4 is 17.6 Å². The van der Waals surface area contributed by atoms with Crippen molar-refractivity contribution in [2.75, 3.05) is 25.6 Å². The highest BCUT2D eigenvalue weighted by Crippen LogP contribution is 2.22. The van der Waals surface area contributed by atoms with Crippen molar-refractivity contribution in [3.8, 4) is 0 Å². The molecule has 0 saturated carbocycles. The minimum absolute atomic E-state index is 0.0265. The summed E-state index contributed by atoms with van der Waals surface area (Å²) in [5, 5.41) is 2.46. The first-order valence-corrected chi connectivity index (χ1v) is 6.02. The number of amides is 1. The number of esters is 1. The average Bonchev–Trinajstić information content (AvgIpc) is 2.86. The van der Waals surface area contributed by atoms with Crippen molar-refractivity contribution in [1.82, 2.24) is 0 Å². The molecule has 108 valence electrons. The van der Waals surface area contributed by atoms with Crippen LogP contribution in [0, 0.1) is 5.82 Å². The summed E-state index contributed by atoms with van der Waals surface area (Å²) >= 11 is 0. The largest absolute Gasteiger partial charge is 0.465 e. The van der Waals surface area contributed by atoms with Gasteiger partial charge in [-0.05, 0) is 24.6 Å². The summed E-state index contributed by atoms with van der Waals surface area (Å²) in [5.41, 5.74) is 4.82. The number of methoxy groups -OCH3 is 1. The third-order valence-corrected chi connectivity index (χ3v) is 3.14. The van der Waals surface area contributed by atoms with E-state index in [9.17, 15) is 14.0 Å². The van der Waals surface area contributed by atoms with Gasteiger partial charge in [-0.1, -0.05) is 0 Å². The zero-order chi connectivity index (χ0) is 14.8. The highest BCUT2D eigenvalue weighted by atomic mass is 19.1. The number of anilines is 1. The molecule has 6 nitrogen and oxygen atoms in total. The van der Waals surface area contributed by atoms with Crippen LogP contribution in [0.4, 0.5) is 10.1 Å². The Morgan fingerprint density at radius 2 is 2.25 bits per heavy atom. The molecule has 1 aliphatic heterocycles. The van der Waals surface area contributed by atoms with Gasteiger partial charge in [0.2, 0.25) is 5.91 Å². The van der Waals surface area contributed by atoms with Crippen molar-refractivity contribution in [2.45, 2.75) is 12.0 Å². The van der Waals surface area contributed by atoms with Gasteiger partial charge < -0.3 is 20.5 Å². The van der Waals surface area contributed by atoms with Crippen molar-refractivity contribution < 1.29 is 23.5 Å². The van der Waals surface area contributed by atoms with E-state index in [0.717, 1.165) is 12.1 Å². The van der Waals surface area contributed by atoms with Crippen LogP contribution in [0.5, 0.6) is 0 Å². The Morgan fingerprint density at radius 3 is 2.85 bits per heavy atom. The highest BCUT2D eigenvalue weighted by molar-refractivity contribution is 6.04. The van der Waals surface area contributed by atoms with E-state index in [4.69, 9.17) is 10.5 Å². The molecule has 1 unspecified atom stereocenters. The fraction of sp³-hybridized carbons (Fsp3) is 0.385. The highest BCUT2D eigenvalue weighted by Gasteiger charge is 2.38. The van der Waals surface area contributed by atoms with E-state index >= 15 is 0 Å². The predicted octanol–water partition coefficient (Wildman–Crippen LogP) is 0.669. The molecule has 20 heavy (non-hydrogen) atoms. The maximum atomic E-state index is 13.3. The third kappa shape index (κ3) is 2.78. The van der Waals surface area contributed by atoms with E-state index in [0.29, 0.717) is 13.0 Å². The number of carbonyl (C=O) groups excluding carboxylic acids is 2. The maximum absolute atomic E-state index is 13.3. The smallest absolute Gasteiger partial charge is 0.339 e. The number of hydrogen-bond donors (Lipinski definition) is 2. The summed E-state index contributed by atoms with van der Waals surface area (Å²) in [6.07, 6.45) is 0.363. The predicted molar refractivity (Wildman–Crippen MR) is 68.7 cm³/mol. The summed E-state index contributed by atoms with van der Waals surface area (Å²) in [6, 6.07) is 3.40. The molecule has 1 aliphatic rings. The number of nitrogens with one attached hydrogen (secondary N) is 1. The molecule has 1 fully saturated rings. The Morgan fingerprint density at radius 1 is 1.50 bits per heavy atom. The van der Waals surface area contributed by atoms with E-state index in [1.165, 1.54) is 13.2 Å². The van der Waals surface area contributed by atoms with Crippen molar-refractivity contribution in [1.29, 1.82) is 0 Å². The normalized spacial score (nSPS) is 21.6. The number of rotatable bonds is 3. The number of benzene rings is 1. The zero-order valence-corrected chi connectivity index (χ0v) is 10.9. The fourth-order valence-corrected chi connectivity index (χ4v) is 1.91. The van der Waals surface area contributed by atoms with Crippen LogP contribution in [0.25, 0.3) is 0 Å². The molecule has 0 aromatic heterocycles. The lowest BCUT2D eigenvalue weighted by Crippen LogP contribution is -2.51. The molecule has 3 N–H and O–H groups in total. The minimum Gasteiger partial charge on any atom is -0.465 e. The second kappa shape index (κ2) is 5.56. The van der Waals surface area contributed by atoms with Gasteiger partial charge in [0, 0.05) is 6.61 Å². The molecule has 1 aromatic carbocycles. The Bertz CT molecular complexity index is 541. The molecular weight excluding hydrogens is 267 g/mol. The SMILES string of the molecule is COC(=O)c1ccc(F)cc1NC(=O)C1(N)CCOC1. The van der Waals surface area contributed by atoms with Gasteiger partial charge >= 0.3 is 5.97 Å². The molecule has 0 bridgehead atoms. The number of halogens is 1. The summed E-state index contributed by atoms with van der Waals surface area (Å²) in [7, 11) is 1.20. The van der Waals surface area contributed by atoms with Crippen LogP contribution in [0.3, 0.4) is 0 Å². The van der Waals surface area contributed by atoms with Gasteiger partial charge in [-0.25, -0.2) is 9.18 Å². The second-order valence-corrected chi connectivity index (χ2v) is 4.59. The van der Waals surface area contributed by atoms with Crippen molar-refractivity contribution in [2.24, 2.45) is 5.73 Å². The summed E-state index contributed by atoms with van der Waals surface area (Å²) < 4.78 is 22.9. The van der Waals surface area contributed by atoms with Crippen LogP contribution >= 0.6 is 0 Å². The molecule has 1 saturated heterocycles. The second-order valence-electron chi connectivity index (χ2n) is 4.59. The van der Waals surface area contributed by atoms with Gasteiger partial charge in [0.05, 0.1) is 25.0 Å². The zero-order valence-electron chi connectivity index (χ0n) is 10.9. The lowest BCUT2D eigenvalue weighted by molar-refractivity contribution is -0.121. The van der Waals surface area contributed by atoms with E-state index in [2.05, 4.69) is 10.1 Å². The van der Waals surface area contributed by atoms with Crippen LogP contribution < -0.4 is 11.1 Å². The molecule has 0 aliphatic carbocycles. The molecule has 7 heteroatoms. The van der Waals surface area contributed by atoms with Crippen LogP contribution in [0.2, 0.25) is 0 Å². The number of nitrogens with two attached hydrogens (primary N) is 1. The van der Waals surface area contributed by atoms with Gasteiger partial charge in [-0.3, -0.25) is 4.79 Å². The molecule has 2 rings (SSSR count). The van der Waals surface area contributed by atoms with Gasteiger partial charge in [0.1, 0.15) is 11.4 Å². The Balaban J connectivity index is 2.26. The lowest BCUT2D eigenvalue weighted by Gasteiger charge is -2.21. The minimum atomic E-state index is -1.17. The topological polar surface area (TPSA) is 90.7 Å². The lowest BCUT2D eigenvalue weighted by atomic mass is 9.99. The van der Waals surface area contributed by atoms with E-state index < -0.39 is 23.2 Å². The number of ether oxygens (including phenoxy) is 2. The first kappa shape index (κ1) is 14.4. The fourth-order valence-electron chi connectivity index (χ4n) is 1.91. The maximum Gasteiger partial charge on any atom is 0.339 e.